The number of nitrogens with zero attached hydrogens (tertiary/aromatic N) is 1. The first-order valence-corrected chi connectivity index (χ1v) is 3.32. The van der Waals surface area contributed by atoms with Crippen molar-refractivity contribution in [2.45, 2.75) is 20.8 Å². The van der Waals surface area contributed by atoms with Gasteiger partial charge in [-0.15, -0.1) is 0 Å². The average Bonchev–Trinajstić information content (AvgIpc) is 1.60. The molecular weight excluding hydrogens is 128 g/mol. The molecule has 0 aromatic carbocycles. The summed E-state index contributed by atoms with van der Waals surface area (Å²) in [4.78, 5) is 11.1. The number of carbonyl (C=O) groups is 1. The van der Waals surface area contributed by atoms with E-state index in [1.807, 2.05) is 20.8 Å². The maximum Gasteiger partial charge on any atom is 0.239 e. The van der Waals surface area contributed by atoms with Crippen molar-refractivity contribution in [1.29, 1.82) is 0 Å². The van der Waals surface area contributed by atoms with Crippen LogP contribution >= 0.6 is 0 Å². The van der Waals surface area contributed by atoms with Gasteiger partial charge in [0.1, 0.15) is 0 Å². The first-order valence-electron chi connectivity index (χ1n) is 3.32. The van der Waals surface area contributed by atoms with Crippen molar-refractivity contribution >= 4 is 5.91 Å². The average molecular weight is 144 g/mol. The van der Waals surface area contributed by atoms with Crippen molar-refractivity contribution in [3.63, 3.8) is 0 Å². The molecule has 0 aliphatic heterocycles. The molecule has 0 heterocycles. The lowest BCUT2D eigenvalue weighted by atomic mass is 9.96. The third kappa shape index (κ3) is 3.45. The van der Waals surface area contributed by atoms with Crippen LogP contribution in [0.5, 0.6) is 0 Å². The number of hydrogen-bond donors (Lipinski definition) is 1. The van der Waals surface area contributed by atoms with E-state index in [1.165, 1.54) is 0 Å². The molecule has 0 rings (SSSR count). The summed E-state index contributed by atoms with van der Waals surface area (Å²) >= 11 is 0. The number of hydrazine groups is 1. The van der Waals surface area contributed by atoms with Gasteiger partial charge in [-0.3, -0.25) is 10.2 Å². The molecule has 60 valence electrons. The maximum atomic E-state index is 11.1. The quantitative estimate of drug-likeness (QED) is 0.547. The van der Waals surface area contributed by atoms with Crippen LogP contribution in [0.15, 0.2) is 0 Å². The SMILES string of the molecule is CN(C)NC(=O)C(C)(C)C. The Morgan fingerprint density at radius 1 is 1.30 bits per heavy atom. The summed E-state index contributed by atoms with van der Waals surface area (Å²) in [7, 11) is 3.59. The molecule has 10 heavy (non-hydrogen) atoms. The maximum absolute atomic E-state index is 11.1. The number of carbonyl (C=O) groups excluding carboxylic acids is 1. The largest absolute Gasteiger partial charge is 0.289 e. The fraction of sp³-hybridized carbons (Fsp3) is 0.857. The first-order chi connectivity index (χ1) is 4.34. The predicted molar refractivity (Wildman–Crippen MR) is 41.3 cm³/mol. The Kier molecular flexibility index (Phi) is 2.84. The monoisotopic (exact) mass is 144 g/mol. The van der Waals surface area contributed by atoms with Gasteiger partial charge in [0.2, 0.25) is 5.91 Å². The van der Waals surface area contributed by atoms with E-state index in [9.17, 15) is 4.79 Å². The van der Waals surface area contributed by atoms with Gasteiger partial charge in [-0.25, -0.2) is 5.01 Å². The molecule has 0 aromatic rings. The van der Waals surface area contributed by atoms with E-state index in [0.29, 0.717) is 0 Å². The van der Waals surface area contributed by atoms with Crippen LogP contribution in [0, 0.1) is 5.41 Å². The molecule has 0 fully saturated rings. The molecule has 1 N–H and O–H groups in total. The van der Waals surface area contributed by atoms with Gasteiger partial charge < -0.3 is 0 Å². The number of hydrogen-bond acceptors (Lipinski definition) is 2. The molecule has 0 bridgehead atoms. The highest BCUT2D eigenvalue weighted by Gasteiger charge is 2.20. The molecule has 0 unspecified atom stereocenters. The molecule has 0 radical (unpaired) electrons. The van der Waals surface area contributed by atoms with E-state index in [1.54, 1.807) is 19.1 Å². The van der Waals surface area contributed by atoms with Crippen molar-refractivity contribution < 1.29 is 4.79 Å². The van der Waals surface area contributed by atoms with Gasteiger partial charge >= 0.3 is 0 Å². The Hall–Kier alpha value is -0.570. The van der Waals surface area contributed by atoms with Crippen molar-refractivity contribution in [2.24, 2.45) is 5.41 Å². The van der Waals surface area contributed by atoms with Crippen LogP contribution < -0.4 is 5.43 Å². The molecule has 0 saturated carbocycles. The third-order valence-electron chi connectivity index (χ3n) is 1.01. The van der Waals surface area contributed by atoms with E-state index >= 15 is 0 Å². The zero-order chi connectivity index (χ0) is 8.36. The fourth-order valence-corrected chi connectivity index (χ4v) is 0.371. The normalized spacial score (nSPS) is 11.8. The van der Waals surface area contributed by atoms with E-state index < -0.39 is 0 Å². The van der Waals surface area contributed by atoms with Gasteiger partial charge in [-0.1, -0.05) is 20.8 Å². The highest BCUT2D eigenvalue weighted by atomic mass is 16.2. The number of rotatable bonds is 1. The summed E-state index contributed by atoms with van der Waals surface area (Å²) in [5, 5.41) is 1.65. The van der Waals surface area contributed by atoms with Crippen molar-refractivity contribution in [3.05, 3.63) is 0 Å². The second-order valence-corrected chi connectivity index (χ2v) is 3.59. The molecule has 3 heteroatoms. The summed E-state index contributed by atoms with van der Waals surface area (Å²) < 4.78 is 0. The Morgan fingerprint density at radius 2 is 1.70 bits per heavy atom. The lowest BCUT2D eigenvalue weighted by molar-refractivity contribution is -0.132. The Bertz CT molecular complexity index is 124. The molecule has 0 spiro atoms. The highest BCUT2D eigenvalue weighted by Crippen LogP contribution is 2.11. The molecule has 3 nitrogen and oxygen atoms in total. The third-order valence-corrected chi connectivity index (χ3v) is 1.01. The molecule has 0 aliphatic carbocycles. The molecule has 0 atom stereocenters. The van der Waals surface area contributed by atoms with Crippen LogP contribution in [0.3, 0.4) is 0 Å². The second-order valence-electron chi connectivity index (χ2n) is 3.59. The summed E-state index contributed by atoms with van der Waals surface area (Å²) in [5.41, 5.74) is 2.38. The van der Waals surface area contributed by atoms with Crippen LogP contribution in [-0.4, -0.2) is 25.0 Å². The minimum Gasteiger partial charge on any atom is -0.289 e. The molecule has 0 saturated heterocycles. The first kappa shape index (κ1) is 9.43. The van der Waals surface area contributed by atoms with Gasteiger partial charge in [0.25, 0.3) is 0 Å². The standard InChI is InChI=1S/C7H16N2O/c1-7(2,3)6(10)8-9(4)5/h1-5H3,(H,8,10). The zero-order valence-electron chi connectivity index (χ0n) is 7.36. The van der Waals surface area contributed by atoms with Crippen LogP contribution in [0.25, 0.3) is 0 Å². The van der Waals surface area contributed by atoms with Gasteiger partial charge in [0, 0.05) is 19.5 Å². The van der Waals surface area contributed by atoms with Crippen LogP contribution in [0.2, 0.25) is 0 Å². The van der Waals surface area contributed by atoms with Crippen molar-refractivity contribution in [2.75, 3.05) is 14.1 Å². The zero-order valence-corrected chi connectivity index (χ0v) is 7.36. The minimum atomic E-state index is -0.301. The number of amides is 1. The summed E-state index contributed by atoms with van der Waals surface area (Å²) in [6.45, 7) is 5.64. The molecule has 1 amide bonds. The van der Waals surface area contributed by atoms with E-state index in [-0.39, 0.29) is 11.3 Å². The van der Waals surface area contributed by atoms with Gasteiger partial charge in [-0.05, 0) is 0 Å². The highest BCUT2D eigenvalue weighted by molar-refractivity contribution is 5.80. The van der Waals surface area contributed by atoms with Crippen molar-refractivity contribution in [3.8, 4) is 0 Å². The lowest BCUT2D eigenvalue weighted by Crippen LogP contribution is -2.42. The van der Waals surface area contributed by atoms with Crippen LogP contribution in [0.1, 0.15) is 20.8 Å². The summed E-state index contributed by atoms with van der Waals surface area (Å²) in [6.07, 6.45) is 0. The van der Waals surface area contributed by atoms with Gasteiger partial charge in [-0.2, -0.15) is 0 Å². The van der Waals surface area contributed by atoms with Crippen molar-refractivity contribution in [1.82, 2.24) is 10.4 Å². The summed E-state index contributed by atoms with van der Waals surface area (Å²) in [6, 6.07) is 0. The smallest absolute Gasteiger partial charge is 0.239 e. The lowest BCUT2D eigenvalue weighted by Gasteiger charge is -2.20. The Morgan fingerprint density at radius 3 is 1.80 bits per heavy atom. The predicted octanol–water partition coefficient (Wildman–Crippen LogP) is 0.625. The molecular formula is C7H16N2O. The van der Waals surface area contributed by atoms with Gasteiger partial charge in [0.05, 0.1) is 0 Å². The van der Waals surface area contributed by atoms with E-state index in [2.05, 4.69) is 5.43 Å². The van der Waals surface area contributed by atoms with Crippen LogP contribution in [-0.2, 0) is 4.79 Å². The topological polar surface area (TPSA) is 32.3 Å². The minimum absolute atomic E-state index is 0.0394. The second kappa shape index (κ2) is 3.01. The molecule has 0 aromatic heterocycles. The molecule has 0 aliphatic rings. The fourth-order valence-electron chi connectivity index (χ4n) is 0.371. The van der Waals surface area contributed by atoms with Crippen LogP contribution in [0.4, 0.5) is 0 Å². The Balaban J connectivity index is 3.87. The number of nitrogens with one attached hydrogen (secondary N) is 1. The summed E-state index contributed by atoms with van der Waals surface area (Å²) in [5.74, 6) is 0.0394. The van der Waals surface area contributed by atoms with E-state index in [4.69, 9.17) is 0 Å². The van der Waals surface area contributed by atoms with Gasteiger partial charge in [0.15, 0.2) is 0 Å². The Labute approximate surface area is 62.4 Å². The van der Waals surface area contributed by atoms with E-state index in [0.717, 1.165) is 0 Å².